The van der Waals surface area contributed by atoms with Gasteiger partial charge in [-0.05, 0) is 24.7 Å². The molecule has 1 saturated carbocycles. The maximum atomic E-state index is 8.98. The monoisotopic (exact) mass is 200 g/mol. The number of hydrogen-bond donors (Lipinski definition) is 1. The van der Waals surface area contributed by atoms with Gasteiger partial charge in [0.15, 0.2) is 5.79 Å². The van der Waals surface area contributed by atoms with Crippen LogP contribution in [0.4, 0.5) is 0 Å². The molecule has 2 fully saturated rings. The largest absolute Gasteiger partial charge is 0.396 e. The molecule has 0 bridgehead atoms. The normalized spacial score (nSPS) is 29.6. The van der Waals surface area contributed by atoms with E-state index in [1.165, 1.54) is 0 Å². The van der Waals surface area contributed by atoms with E-state index in [0.717, 1.165) is 45.3 Å². The van der Waals surface area contributed by atoms with Gasteiger partial charge < -0.3 is 14.6 Å². The Morgan fingerprint density at radius 3 is 2.14 bits per heavy atom. The lowest BCUT2D eigenvalue weighted by Gasteiger charge is -2.41. The van der Waals surface area contributed by atoms with Crippen LogP contribution in [0.2, 0.25) is 0 Å². The average Bonchev–Trinajstić information content (AvgIpc) is 2.61. The summed E-state index contributed by atoms with van der Waals surface area (Å²) in [5.41, 5.74) is 0.301. The Bertz CT molecular complexity index is 187. The third-order valence-corrected chi connectivity index (χ3v) is 3.75. The summed E-state index contributed by atoms with van der Waals surface area (Å²) in [6.07, 6.45) is 5.09. The summed E-state index contributed by atoms with van der Waals surface area (Å²) in [5, 5.41) is 8.98. The predicted molar refractivity (Wildman–Crippen MR) is 52.9 cm³/mol. The van der Waals surface area contributed by atoms with E-state index in [0.29, 0.717) is 12.0 Å². The van der Waals surface area contributed by atoms with E-state index in [4.69, 9.17) is 14.6 Å². The van der Waals surface area contributed by atoms with Crippen molar-refractivity contribution < 1.29 is 14.6 Å². The maximum absolute atomic E-state index is 8.98. The van der Waals surface area contributed by atoms with Crippen molar-refractivity contribution in [2.45, 2.75) is 44.8 Å². The van der Waals surface area contributed by atoms with E-state index < -0.39 is 0 Å². The molecule has 1 aliphatic heterocycles. The van der Waals surface area contributed by atoms with Gasteiger partial charge >= 0.3 is 0 Å². The molecule has 0 unspecified atom stereocenters. The van der Waals surface area contributed by atoms with Gasteiger partial charge in [0.1, 0.15) is 0 Å². The fourth-order valence-corrected chi connectivity index (χ4v) is 2.54. The van der Waals surface area contributed by atoms with Crippen molar-refractivity contribution in [3.8, 4) is 0 Å². The summed E-state index contributed by atoms with van der Waals surface area (Å²) in [7, 11) is 0. The first-order valence-electron chi connectivity index (χ1n) is 5.57. The molecule has 1 spiro atoms. The molecular weight excluding hydrogens is 180 g/mol. The smallest absolute Gasteiger partial charge is 0.168 e. The van der Waals surface area contributed by atoms with Crippen LogP contribution in [0.25, 0.3) is 0 Å². The number of hydrogen-bond acceptors (Lipinski definition) is 3. The van der Waals surface area contributed by atoms with E-state index in [1.807, 2.05) is 0 Å². The molecule has 1 saturated heterocycles. The lowest BCUT2D eigenvalue weighted by Crippen LogP contribution is -2.39. The van der Waals surface area contributed by atoms with Crippen molar-refractivity contribution in [1.29, 1.82) is 0 Å². The van der Waals surface area contributed by atoms with Gasteiger partial charge in [-0.1, -0.05) is 6.92 Å². The van der Waals surface area contributed by atoms with Crippen LogP contribution in [-0.4, -0.2) is 30.7 Å². The molecule has 3 nitrogen and oxygen atoms in total. The zero-order chi connectivity index (χ0) is 10.1. The van der Waals surface area contributed by atoms with Gasteiger partial charge in [-0.2, -0.15) is 0 Å². The SMILES string of the molecule is CC1(CCO)CCC2(CC1)OCCO2. The summed E-state index contributed by atoms with van der Waals surface area (Å²) in [4.78, 5) is 0. The summed E-state index contributed by atoms with van der Waals surface area (Å²) < 4.78 is 11.3. The van der Waals surface area contributed by atoms with E-state index in [2.05, 4.69) is 6.92 Å². The summed E-state index contributed by atoms with van der Waals surface area (Å²) >= 11 is 0. The van der Waals surface area contributed by atoms with Gasteiger partial charge in [-0.15, -0.1) is 0 Å². The molecule has 14 heavy (non-hydrogen) atoms. The number of aliphatic hydroxyl groups is 1. The molecule has 1 N–H and O–H groups in total. The third-order valence-electron chi connectivity index (χ3n) is 3.75. The van der Waals surface area contributed by atoms with Gasteiger partial charge in [0.2, 0.25) is 0 Å². The van der Waals surface area contributed by atoms with Crippen molar-refractivity contribution in [3.63, 3.8) is 0 Å². The Morgan fingerprint density at radius 2 is 1.64 bits per heavy atom. The van der Waals surface area contributed by atoms with Crippen LogP contribution in [0.15, 0.2) is 0 Å². The summed E-state index contributed by atoms with van der Waals surface area (Å²) in [6.45, 7) is 4.05. The highest BCUT2D eigenvalue weighted by atomic mass is 16.7. The molecule has 1 aliphatic carbocycles. The standard InChI is InChI=1S/C11H20O3/c1-10(6-7-12)2-4-11(5-3-10)13-8-9-14-11/h12H,2-9H2,1H3. The van der Waals surface area contributed by atoms with Gasteiger partial charge in [0.25, 0.3) is 0 Å². The second-order valence-electron chi connectivity index (χ2n) is 4.89. The molecule has 0 radical (unpaired) electrons. The Kier molecular flexibility index (Phi) is 2.82. The first-order chi connectivity index (χ1) is 6.68. The van der Waals surface area contributed by atoms with Crippen LogP contribution < -0.4 is 0 Å². The minimum Gasteiger partial charge on any atom is -0.396 e. The van der Waals surface area contributed by atoms with Crippen molar-refractivity contribution >= 4 is 0 Å². The molecule has 82 valence electrons. The zero-order valence-corrected chi connectivity index (χ0v) is 8.92. The summed E-state index contributed by atoms with van der Waals surface area (Å²) in [5.74, 6) is -0.255. The first kappa shape index (κ1) is 10.4. The fourth-order valence-electron chi connectivity index (χ4n) is 2.54. The predicted octanol–water partition coefficient (Wildman–Crippen LogP) is 1.69. The molecule has 0 aromatic rings. The Morgan fingerprint density at radius 1 is 1.07 bits per heavy atom. The van der Waals surface area contributed by atoms with E-state index in [9.17, 15) is 0 Å². The fraction of sp³-hybridized carbons (Fsp3) is 1.00. The van der Waals surface area contributed by atoms with E-state index in [1.54, 1.807) is 0 Å². The van der Waals surface area contributed by atoms with Gasteiger partial charge in [-0.3, -0.25) is 0 Å². The molecular formula is C11H20O3. The average molecular weight is 200 g/mol. The van der Waals surface area contributed by atoms with Crippen molar-refractivity contribution in [3.05, 3.63) is 0 Å². The molecule has 0 aromatic heterocycles. The Balaban J connectivity index is 1.90. The lowest BCUT2D eigenvalue weighted by atomic mass is 9.71. The van der Waals surface area contributed by atoms with Crippen molar-refractivity contribution in [1.82, 2.24) is 0 Å². The van der Waals surface area contributed by atoms with Gasteiger partial charge in [0, 0.05) is 19.4 Å². The molecule has 1 heterocycles. The van der Waals surface area contributed by atoms with Crippen LogP contribution in [0, 0.1) is 5.41 Å². The highest BCUT2D eigenvalue weighted by Crippen LogP contribution is 2.45. The van der Waals surface area contributed by atoms with Crippen LogP contribution >= 0.6 is 0 Å². The van der Waals surface area contributed by atoms with Crippen LogP contribution in [0.1, 0.15) is 39.0 Å². The zero-order valence-electron chi connectivity index (χ0n) is 8.92. The number of rotatable bonds is 2. The highest BCUT2D eigenvalue weighted by molar-refractivity contribution is 4.88. The molecule has 2 rings (SSSR count). The van der Waals surface area contributed by atoms with Gasteiger partial charge in [-0.25, -0.2) is 0 Å². The molecule has 0 amide bonds. The minimum absolute atomic E-state index is 0.255. The summed E-state index contributed by atoms with van der Waals surface area (Å²) in [6, 6.07) is 0. The van der Waals surface area contributed by atoms with Crippen LogP contribution in [0.5, 0.6) is 0 Å². The van der Waals surface area contributed by atoms with Crippen LogP contribution in [0.3, 0.4) is 0 Å². The first-order valence-corrected chi connectivity index (χ1v) is 5.57. The maximum Gasteiger partial charge on any atom is 0.168 e. The second-order valence-corrected chi connectivity index (χ2v) is 4.89. The quantitative estimate of drug-likeness (QED) is 0.737. The topological polar surface area (TPSA) is 38.7 Å². The number of ether oxygens (including phenoxy) is 2. The Hall–Kier alpha value is -0.120. The minimum atomic E-state index is -0.255. The lowest BCUT2D eigenvalue weighted by molar-refractivity contribution is -0.191. The van der Waals surface area contributed by atoms with E-state index >= 15 is 0 Å². The van der Waals surface area contributed by atoms with Crippen molar-refractivity contribution in [2.24, 2.45) is 5.41 Å². The van der Waals surface area contributed by atoms with Gasteiger partial charge in [0.05, 0.1) is 13.2 Å². The molecule has 3 heteroatoms. The number of aliphatic hydroxyl groups excluding tert-OH is 1. The highest BCUT2D eigenvalue weighted by Gasteiger charge is 2.43. The third kappa shape index (κ3) is 1.95. The molecule has 0 aromatic carbocycles. The Labute approximate surface area is 85.4 Å². The molecule has 0 atom stereocenters. The molecule has 2 aliphatic rings. The van der Waals surface area contributed by atoms with Crippen molar-refractivity contribution in [2.75, 3.05) is 19.8 Å². The van der Waals surface area contributed by atoms with Crippen LogP contribution in [-0.2, 0) is 9.47 Å². The van der Waals surface area contributed by atoms with E-state index in [-0.39, 0.29) is 5.79 Å². The second kappa shape index (κ2) is 3.80.